The normalized spacial score (nSPS) is 12.4. The first kappa shape index (κ1) is 16.4. The number of alkyl halides is 6. The summed E-state index contributed by atoms with van der Waals surface area (Å²) in [5.41, 5.74) is -0.160. The monoisotopic (exact) mass is 345 g/mol. The first-order valence-corrected chi connectivity index (χ1v) is 6.67. The molecule has 0 saturated carbocycles. The second kappa shape index (κ2) is 7.19. The van der Waals surface area contributed by atoms with Gasteiger partial charge < -0.3 is 0 Å². The molecule has 0 aliphatic rings. The van der Waals surface area contributed by atoms with E-state index in [-0.39, 0.29) is 6.54 Å². The maximum Gasteiger partial charge on any atom is 0.416 e. The standard InChI is InChI=1S/C12H13BrF5N/c13-5-6-19(8-11(14)15)7-9-1-3-10(4-2-9)12(16,17)18/h1-4,11H,5-8H2. The topological polar surface area (TPSA) is 3.24 Å². The van der Waals surface area contributed by atoms with Crippen LogP contribution < -0.4 is 0 Å². The Balaban J connectivity index is 2.69. The van der Waals surface area contributed by atoms with Gasteiger partial charge in [-0.15, -0.1) is 0 Å². The number of hydrogen-bond donors (Lipinski definition) is 0. The summed E-state index contributed by atoms with van der Waals surface area (Å²) in [6.07, 6.45) is -6.84. The maximum atomic E-state index is 12.4. The predicted molar refractivity (Wildman–Crippen MR) is 66.5 cm³/mol. The minimum absolute atomic E-state index is 0.202. The Morgan fingerprint density at radius 2 is 1.68 bits per heavy atom. The van der Waals surface area contributed by atoms with Gasteiger partial charge in [0.1, 0.15) is 0 Å². The van der Waals surface area contributed by atoms with Crippen molar-refractivity contribution in [1.82, 2.24) is 4.90 Å². The third kappa shape index (κ3) is 5.86. The van der Waals surface area contributed by atoms with Crippen molar-refractivity contribution in [3.05, 3.63) is 35.4 Å². The highest BCUT2D eigenvalue weighted by atomic mass is 79.9. The number of hydrogen-bond acceptors (Lipinski definition) is 1. The first-order valence-electron chi connectivity index (χ1n) is 5.55. The van der Waals surface area contributed by atoms with Gasteiger partial charge in [0.05, 0.1) is 12.1 Å². The van der Waals surface area contributed by atoms with Crippen LogP contribution in [0.4, 0.5) is 22.0 Å². The van der Waals surface area contributed by atoms with E-state index in [1.54, 1.807) is 0 Å². The lowest BCUT2D eigenvalue weighted by Gasteiger charge is -2.21. The lowest BCUT2D eigenvalue weighted by atomic mass is 10.1. The fourth-order valence-electron chi connectivity index (χ4n) is 1.61. The van der Waals surface area contributed by atoms with Crippen molar-refractivity contribution in [1.29, 1.82) is 0 Å². The van der Waals surface area contributed by atoms with Crippen molar-refractivity contribution < 1.29 is 22.0 Å². The maximum absolute atomic E-state index is 12.4. The zero-order chi connectivity index (χ0) is 14.5. The Bertz CT molecular complexity index is 377. The van der Waals surface area contributed by atoms with Crippen LogP contribution in [0.15, 0.2) is 24.3 Å². The van der Waals surface area contributed by atoms with Gasteiger partial charge in [-0.1, -0.05) is 28.1 Å². The fraction of sp³-hybridized carbons (Fsp3) is 0.500. The van der Waals surface area contributed by atoms with Crippen molar-refractivity contribution >= 4 is 15.9 Å². The molecule has 0 heterocycles. The van der Waals surface area contributed by atoms with E-state index in [9.17, 15) is 22.0 Å². The van der Waals surface area contributed by atoms with Gasteiger partial charge in [0.15, 0.2) is 0 Å². The summed E-state index contributed by atoms with van der Waals surface area (Å²) in [6, 6.07) is 4.55. The van der Waals surface area contributed by atoms with Gasteiger partial charge in [0.25, 0.3) is 6.43 Å². The number of nitrogens with zero attached hydrogens (tertiary/aromatic N) is 1. The highest BCUT2D eigenvalue weighted by Crippen LogP contribution is 2.29. The van der Waals surface area contributed by atoms with Crippen LogP contribution in [0.25, 0.3) is 0 Å². The highest BCUT2D eigenvalue weighted by Gasteiger charge is 2.29. The molecule has 19 heavy (non-hydrogen) atoms. The second-order valence-corrected chi connectivity index (χ2v) is 4.80. The van der Waals surface area contributed by atoms with Crippen LogP contribution in [-0.4, -0.2) is 29.7 Å². The Kier molecular flexibility index (Phi) is 6.19. The van der Waals surface area contributed by atoms with Crippen molar-refractivity contribution in [3.8, 4) is 0 Å². The largest absolute Gasteiger partial charge is 0.416 e. The lowest BCUT2D eigenvalue weighted by molar-refractivity contribution is -0.137. The molecule has 0 amide bonds. The van der Waals surface area contributed by atoms with Gasteiger partial charge in [-0.05, 0) is 17.7 Å². The molecule has 0 spiro atoms. The molecule has 0 aromatic heterocycles. The lowest BCUT2D eigenvalue weighted by Crippen LogP contribution is -2.30. The molecule has 1 rings (SSSR count). The van der Waals surface area contributed by atoms with E-state index >= 15 is 0 Å². The summed E-state index contributed by atoms with van der Waals surface area (Å²) < 4.78 is 61.7. The van der Waals surface area contributed by atoms with Crippen molar-refractivity contribution in [2.24, 2.45) is 0 Å². The van der Waals surface area contributed by atoms with Crippen LogP contribution in [0.5, 0.6) is 0 Å². The Morgan fingerprint density at radius 3 is 2.11 bits per heavy atom. The summed E-state index contributed by atoms with van der Waals surface area (Å²) in [5, 5.41) is 0.528. The molecule has 0 aliphatic heterocycles. The highest BCUT2D eigenvalue weighted by molar-refractivity contribution is 9.09. The Morgan fingerprint density at radius 1 is 1.11 bits per heavy atom. The molecule has 0 fully saturated rings. The van der Waals surface area contributed by atoms with Crippen molar-refractivity contribution in [2.75, 3.05) is 18.4 Å². The molecule has 1 aromatic rings. The summed E-state index contributed by atoms with van der Waals surface area (Å²) in [4.78, 5) is 1.49. The van der Waals surface area contributed by atoms with E-state index in [2.05, 4.69) is 15.9 Å². The third-order valence-electron chi connectivity index (χ3n) is 2.48. The van der Waals surface area contributed by atoms with Gasteiger partial charge in [-0.25, -0.2) is 8.78 Å². The van der Waals surface area contributed by atoms with Gasteiger partial charge in [-0.2, -0.15) is 13.2 Å². The zero-order valence-corrected chi connectivity index (χ0v) is 11.5. The summed E-state index contributed by atoms with van der Waals surface area (Å²) in [5.74, 6) is 0. The average Bonchev–Trinajstić information content (AvgIpc) is 2.28. The van der Waals surface area contributed by atoms with Gasteiger partial charge in [0, 0.05) is 18.4 Å². The molecular weight excluding hydrogens is 333 g/mol. The smallest absolute Gasteiger partial charge is 0.293 e. The van der Waals surface area contributed by atoms with E-state index in [1.807, 2.05) is 0 Å². The second-order valence-electron chi connectivity index (χ2n) is 4.01. The molecule has 0 N–H and O–H groups in total. The van der Waals surface area contributed by atoms with E-state index in [4.69, 9.17) is 0 Å². The molecule has 0 radical (unpaired) electrons. The van der Waals surface area contributed by atoms with E-state index in [1.165, 1.54) is 17.0 Å². The molecule has 0 aliphatic carbocycles. The Hall–Kier alpha value is -0.690. The van der Waals surface area contributed by atoms with E-state index in [0.29, 0.717) is 17.4 Å². The van der Waals surface area contributed by atoms with E-state index < -0.39 is 24.7 Å². The molecule has 0 unspecified atom stereocenters. The molecule has 0 saturated heterocycles. The van der Waals surface area contributed by atoms with Crippen LogP contribution in [0.1, 0.15) is 11.1 Å². The fourth-order valence-corrected chi connectivity index (χ4v) is 2.11. The molecule has 7 heteroatoms. The summed E-state index contributed by atoms with van der Waals surface area (Å²) in [6.45, 7) is 0.214. The first-order chi connectivity index (χ1) is 8.82. The molecular formula is C12H13BrF5N. The van der Waals surface area contributed by atoms with Crippen LogP contribution in [0.2, 0.25) is 0 Å². The van der Waals surface area contributed by atoms with Crippen molar-refractivity contribution in [2.45, 2.75) is 19.1 Å². The zero-order valence-electron chi connectivity index (χ0n) is 9.93. The SMILES string of the molecule is FC(F)CN(CCBr)Cc1ccc(C(F)(F)F)cc1. The van der Waals surface area contributed by atoms with Gasteiger partial charge in [0.2, 0.25) is 0 Å². The molecule has 1 nitrogen and oxygen atoms in total. The van der Waals surface area contributed by atoms with Gasteiger partial charge in [-0.3, -0.25) is 4.90 Å². The molecule has 108 valence electrons. The minimum atomic E-state index is -4.38. The number of benzene rings is 1. The van der Waals surface area contributed by atoms with Crippen LogP contribution in [0.3, 0.4) is 0 Å². The van der Waals surface area contributed by atoms with E-state index in [0.717, 1.165) is 12.1 Å². The van der Waals surface area contributed by atoms with Crippen LogP contribution in [0, 0.1) is 0 Å². The van der Waals surface area contributed by atoms with Gasteiger partial charge >= 0.3 is 6.18 Å². The van der Waals surface area contributed by atoms with Crippen LogP contribution >= 0.6 is 15.9 Å². The molecule has 0 atom stereocenters. The minimum Gasteiger partial charge on any atom is -0.293 e. The summed E-state index contributed by atoms with van der Waals surface area (Å²) in [7, 11) is 0. The van der Waals surface area contributed by atoms with Crippen LogP contribution in [-0.2, 0) is 12.7 Å². The number of rotatable bonds is 6. The Labute approximate surface area is 116 Å². The third-order valence-corrected chi connectivity index (χ3v) is 2.84. The molecule has 0 bridgehead atoms. The van der Waals surface area contributed by atoms with Crippen molar-refractivity contribution in [3.63, 3.8) is 0 Å². The predicted octanol–water partition coefficient (Wildman–Crippen LogP) is 4.17. The average molecular weight is 346 g/mol. The quantitative estimate of drug-likeness (QED) is 0.552. The number of halogens is 6. The summed E-state index contributed by atoms with van der Waals surface area (Å²) >= 11 is 3.16. The molecule has 1 aromatic carbocycles.